The Hall–Kier alpha value is -1.74. The maximum atomic E-state index is 11.4. The molecule has 0 amide bonds. The van der Waals surface area contributed by atoms with Crippen LogP contribution in [0.25, 0.3) is 12.2 Å². The third-order valence-corrected chi connectivity index (χ3v) is 2.59. The van der Waals surface area contributed by atoms with E-state index < -0.39 is 5.63 Å². The molecule has 0 fully saturated rings. The van der Waals surface area contributed by atoms with Gasteiger partial charge in [0.1, 0.15) is 5.35 Å². The Balaban J connectivity index is 2.70. The molecule has 2 aromatic rings. The lowest BCUT2D eigenvalue weighted by Crippen LogP contribution is -2.24. The van der Waals surface area contributed by atoms with Crippen molar-refractivity contribution in [2.75, 3.05) is 0 Å². The summed E-state index contributed by atoms with van der Waals surface area (Å²) in [6, 6.07) is 7.24. The number of H-pyrrole nitrogens is 1. The van der Waals surface area contributed by atoms with Crippen molar-refractivity contribution in [3.8, 4) is 0 Å². The van der Waals surface area contributed by atoms with Gasteiger partial charge < -0.3 is 9.40 Å². The first-order chi connectivity index (χ1) is 7.58. The van der Waals surface area contributed by atoms with Crippen molar-refractivity contribution in [3.63, 3.8) is 0 Å². The Kier molecular flexibility index (Phi) is 2.71. The molecule has 0 aliphatic rings. The molecule has 3 nitrogen and oxygen atoms in total. The fraction of sp³-hybridized carbons (Fsp3) is 0.0833. The van der Waals surface area contributed by atoms with Crippen LogP contribution in [0.15, 0.2) is 33.5 Å². The van der Waals surface area contributed by atoms with Gasteiger partial charge in [-0.2, -0.15) is 0 Å². The van der Waals surface area contributed by atoms with Gasteiger partial charge >= 0.3 is 5.63 Å². The summed E-state index contributed by atoms with van der Waals surface area (Å²) < 4.78 is 4.81. The highest BCUT2D eigenvalue weighted by molar-refractivity contribution is 6.30. The number of rotatable bonds is 1. The molecule has 4 heteroatoms. The molecule has 82 valence electrons. The zero-order valence-corrected chi connectivity index (χ0v) is 9.47. The highest BCUT2D eigenvalue weighted by Crippen LogP contribution is 2.14. The van der Waals surface area contributed by atoms with Gasteiger partial charge in [0.05, 0.1) is 0 Å². The lowest BCUT2D eigenvalue weighted by Gasteiger charge is -1.98. The first-order valence-electron chi connectivity index (χ1n) is 4.73. The number of aromatic amines is 1. The molecule has 1 heterocycles. The highest BCUT2D eigenvalue weighted by atomic mass is 35.5. The first kappa shape index (κ1) is 10.8. The van der Waals surface area contributed by atoms with Gasteiger partial charge in [-0.05, 0) is 36.8 Å². The van der Waals surface area contributed by atoms with E-state index in [9.17, 15) is 4.79 Å². The minimum atomic E-state index is -0.405. The molecular weight excluding hydrogens is 226 g/mol. The largest absolute Gasteiger partial charge is 0.405 e. The van der Waals surface area contributed by atoms with Gasteiger partial charge in [-0.3, -0.25) is 0 Å². The van der Waals surface area contributed by atoms with Crippen molar-refractivity contribution in [1.82, 2.24) is 4.98 Å². The monoisotopic (exact) mass is 235 g/mol. The number of hydrogen-bond donors (Lipinski definition) is 1. The van der Waals surface area contributed by atoms with Crippen LogP contribution in [0.1, 0.15) is 12.5 Å². The van der Waals surface area contributed by atoms with E-state index >= 15 is 0 Å². The smallest absolute Gasteiger partial charge is 0.361 e. The van der Waals surface area contributed by atoms with E-state index in [1.807, 2.05) is 19.1 Å². The van der Waals surface area contributed by atoms with Gasteiger partial charge in [0.2, 0.25) is 0 Å². The molecular formula is C12H10ClNO2. The second kappa shape index (κ2) is 4.02. The minimum absolute atomic E-state index is 0.258. The van der Waals surface area contributed by atoms with Crippen LogP contribution in [0.5, 0.6) is 0 Å². The number of oxazole rings is 1. The molecule has 0 saturated heterocycles. The lowest BCUT2D eigenvalue weighted by molar-refractivity contribution is 0.488. The summed E-state index contributed by atoms with van der Waals surface area (Å²) in [5.74, 6) is 0. The van der Waals surface area contributed by atoms with Crippen LogP contribution in [0, 0.1) is 0 Å². The average molecular weight is 236 g/mol. The molecule has 0 aliphatic carbocycles. The van der Waals surface area contributed by atoms with Gasteiger partial charge in [-0.1, -0.05) is 23.7 Å². The Morgan fingerprint density at radius 3 is 2.50 bits per heavy atom. The van der Waals surface area contributed by atoms with E-state index in [4.69, 9.17) is 16.0 Å². The SMILES string of the molecule is C=c1[nH]/c(=C(/C)c2ccc(Cl)cc2)c(=O)o1. The third kappa shape index (κ3) is 1.95. The molecule has 0 radical (unpaired) electrons. The van der Waals surface area contributed by atoms with E-state index in [-0.39, 0.29) is 5.55 Å². The Morgan fingerprint density at radius 2 is 2.00 bits per heavy atom. The van der Waals surface area contributed by atoms with Gasteiger partial charge in [-0.15, -0.1) is 0 Å². The predicted octanol–water partition coefficient (Wildman–Crippen LogP) is 1.25. The van der Waals surface area contributed by atoms with E-state index in [0.29, 0.717) is 10.4 Å². The molecule has 0 aliphatic heterocycles. The van der Waals surface area contributed by atoms with Crippen LogP contribution in [0.2, 0.25) is 5.02 Å². The molecule has 0 unspecified atom stereocenters. The van der Waals surface area contributed by atoms with Crippen LogP contribution >= 0.6 is 11.6 Å². The summed E-state index contributed by atoms with van der Waals surface area (Å²) >= 11 is 5.79. The fourth-order valence-corrected chi connectivity index (χ4v) is 1.60. The van der Waals surface area contributed by atoms with Crippen molar-refractivity contribution in [2.45, 2.75) is 6.92 Å². The zero-order chi connectivity index (χ0) is 11.7. The Morgan fingerprint density at radius 1 is 1.38 bits per heavy atom. The summed E-state index contributed by atoms with van der Waals surface area (Å²) in [4.78, 5) is 14.2. The van der Waals surface area contributed by atoms with Gasteiger partial charge in [0.25, 0.3) is 0 Å². The van der Waals surface area contributed by atoms with E-state index in [1.165, 1.54) is 0 Å². The topological polar surface area (TPSA) is 46.0 Å². The summed E-state index contributed by atoms with van der Waals surface area (Å²) in [5.41, 5.74) is 1.57. The van der Waals surface area contributed by atoms with Crippen molar-refractivity contribution >= 4 is 23.8 Å². The van der Waals surface area contributed by atoms with Crippen molar-refractivity contribution in [3.05, 3.63) is 56.2 Å². The number of halogens is 1. The lowest BCUT2D eigenvalue weighted by atomic mass is 10.1. The Bertz CT molecular complexity index is 664. The predicted molar refractivity (Wildman–Crippen MR) is 63.7 cm³/mol. The van der Waals surface area contributed by atoms with Crippen molar-refractivity contribution in [1.29, 1.82) is 0 Å². The molecule has 0 atom stereocenters. The van der Waals surface area contributed by atoms with E-state index in [1.54, 1.807) is 12.1 Å². The van der Waals surface area contributed by atoms with Crippen LogP contribution in [0.4, 0.5) is 0 Å². The summed E-state index contributed by atoms with van der Waals surface area (Å²) in [6.07, 6.45) is 0. The summed E-state index contributed by atoms with van der Waals surface area (Å²) in [7, 11) is 0. The molecule has 0 spiro atoms. The van der Waals surface area contributed by atoms with Crippen LogP contribution in [-0.4, -0.2) is 4.98 Å². The van der Waals surface area contributed by atoms with Crippen LogP contribution in [-0.2, 0) is 0 Å². The quantitative estimate of drug-likeness (QED) is 0.809. The number of hydrogen-bond acceptors (Lipinski definition) is 2. The molecule has 0 bridgehead atoms. The second-order valence-corrected chi connectivity index (χ2v) is 3.88. The molecule has 2 rings (SSSR count). The number of aromatic nitrogens is 1. The van der Waals surface area contributed by atoms with Gasteiger partial charge in [-0.25, -0.2) is 4.79 Å². The maximum absolute atomic E-state index is 11.4. The van der Waals surface area contributed by atoms with Gasteiger partial charge in [0.15, 0.2) is 5.55 Å². The molecule has 1 aromatic carbocycles. The normalized spacial score (nSPS) is 12.6. The minimum Gasteiger partial charge on any atom is -0.405 e. The highest BCUT2D eigenvalue weighted by Gasteiger charge is 2.02. The second-order valence-electron chi connectivity index (χ2n) is 3.44. The number of benzene rings is 1. The number of nitrogens with one attached hydrogen (secondary N) is 1. The fourth-order valence-electron chi connectivity index (χ4n) is 1.47. The standard InChI is InChI=1S/C12H10ClNO2/c1-7(9-3-5-10(13)6-4-9)11-12(15)16-8(2)14-11/h3-6,14H,2H2,1H3/b11-7-. The summed E-state index contributed by atoms with van der Waals surface area (Å²) in [5, 5.41) is 1.08. The molecule has 0 saturated carbocycles. The maximum Gasteiger partial charge on any atom is 0.361 e. The Labute approximate surface area is 96.7 Å². The molecule has 1 aromatic heterocycles. The van der Waals surface area contributed by atoms with Crippen LogP contribution in [0.3, 0.4) is 0 Å². The van der Waals surface area contributed by atoms with Crippen molar-refractivity contribution in [2.24, 2.45) is 0 Å². The average Bonchev–Trinajstić information content (AvgIpc) is 2.58. The zero-order valence-electron chi connectivity index (χ0n) is 8.71. The van der Waals surface area contributed by atoms with Gasteiger partial charge in [0, 0.05) is 5.02 Å². The van der Waals surface area contributed by atoms with Crippen molar-refractivity contribution < 1.29 is 4.42 Å². The third-order valence-electron chi connectivity index (χ3n) is 2.34. The first-order valence-corrected chi connectivity index (χ1v) is 5.10. The van der Waals surface area contributed by atoms with E-state index in [2.05, 4.69) is 11.6 Å². The van der Waals surface area contributed by atoms with Crippen LogP contribution < -0.4 is 16.5 Å². The summed E-state index contributed by atoms with van der Waals surface area (Å²) in [6.45, 7) is 5.37. The molecule has 1 N–H and O–H groups in total. The molecule has 16 heavy (non-hydrogen) atoms. The van der Waals surface area contributed by atoms with E-state index in [0.717, 1.165) is 11.1 Å².